The molecular weight excluding hydrogens is 884 g/mol. The van der Waals surface area contributed by atoms with Gasteiger partial charge in [0.2, 0.25) is 0 Å². The average molecular weight is 950 g/mol. The van der Waals surface area contributed by atoms with Gasteiger partial charge in [0.1, 0.15) is 6.79 Å². The summed E-state index contributed by atoms with van der Waals surface area (Å²) in [5.74, 6) is 0.888. The van der Waals surface area contributed by atoms with Gasteiger partial charge in [-0.05, 0) is 95.6 Å². The first-order chi connectivity index (χ1) is 29.1. The van der Waals surface area contributed by atoms with E-state index in [9.17, 15) is 0 Å². The van der Waals surface area contributed by atoms with Gasteiger partial charge in [-0.1, -0.05) is 203 Å². The third-order valence-electron chi connectivity index (χ3n) is 9.20. The van der Waals surface area contributed by atoms with Gasteiger partial charge in [0.15, 0.2) is 0 Å². The first-order valence-corrected chi connectivity index (χ1v) is 25.1. The molecule has 0 aliphatic carbocycles. The number of hydrogen-bond acceptors (Lipinski definition) is 4. The van der Waals surface area contributed by atoms with Gasteiger partial charge in [-0.25, -0.2) is 0 Å². The Morgan fingerprint density at radius 1 is 0.333 bits per heavy atom. The van der Waals surface area contributed by atoms with Crippen LogP contribution in [-0.4, -0.2) is 44.1 Å². The molecule has 0 saturated carbocycles. The van der Waals surface area contributed by atoms with Gasteiger partial charge < -0.3 is 19.0 Å². The molecule has 6 aromatic carbocycles. The third-order valence-corrected chi connectivity index (χ3v) is 17.6. The Kier molecular flexibility index (Phi) is 28.7. The standard InChI is InChI=1S/3C17H21OP.CH2O.Rh/c3*1-3-17(18-4-2)19(15-11-7-5-8-12-15)16-13-9-6-10-14-16;1-2;/h3*5-14,17H,3-4H2,1-2H3;1H2;. The molecule has 321 valence electrons. The molecule has 0 fully saturated rings. The summed E-state index contributed by atoms with van der Waals surface area (Å²) in [6, 6.07) is 64.5. The summed E-state index contributed by atoms with van der Waals surface area (Å²) in [5, 5.41) is 8.36. The normalized spacial score (nSPS) is 12.0. The molecule has 0 bridgehead atoms. The average Bonchev–Trinajstić information content (AvgIpc) is 3.31. The number of carbonyl (C=O) groups is 1. The summed E-state index contributed by atoms with van der Waals surface area (Å²) in [5.41, 5.74) is 0. The first kappa shape index (κ1) is 52.9. The second-order valence-electron chi connectivity index (χ2n) is 13.1. The number of hydrogen-bond donors (Lipinski definition) is 0. The van der Waals surface area contributed by atoms with Crippen molar-refractivity contribution in [3.05, 3.63) is 182 Å². The van der Waals surface area contributed by atoms with Gasteiger partial charge in [0.05, 0.1) is 17.5 Å². The van der Waals surface area contributed by atoms with Gasteiger partial charge in [0.25, 0.3) is 0 Å². The van der Waals surface area contributed by atoms with Crippen LogP contribution in [-0.2, 0) is 38.5 Å². The molecular formula is C52H65O4P3Rh. The molecule has 0 N–H and O–H groups in total. The summed E-state index contributed by atoms with van der Waals surface area (Å²) in [4.78, 5) is 8.00. The summed E-state index contributed by atoms with van der Waals surface area (Å²) < 4.78 is 18.0. The summed E-state index contributed by atoms with van der Waals surface area (Å²) in [6.45, 7) is 17.2. The van der Waals surface area contributed by atoms with E-state index in [1.165, 1.54) is 31.8 Å². The molecule has 1 radical (unpaired) electrons. The van der Waals surface area contributed by atoms with Gasteiger partial charge in [-0.2, -0.15) is 0 Å². The Morgan fingerprint density at radius 2 is 0.483 bits per heavy atom. The maximum atomic E-state index is 8.00. The van der Waals surface area contributed by atoms with Crippen LogP contribution < -0.4 is 31.8 Å². The Balaban J connectivity index is 0.000000301. The molecule has 0 saturated heterocycles. The van der Waals surface area contributed by atoms with Crippen LogP contribution in [0.1, 0.15) is 60.8 Å². The Hall–Kier alpha value is -3.22. The van der Waals surface area contributed by atoms with E-state index in [-0.39, 0.29) is 19.5 Å². The van der Waals surface area contributed by atoms with Crippen LogP contribution in [0.3, 0.4) is 0 Å². The molecule has 0 spiro atoms. The van der Waals surface area contributed by atoms with Gasteiger partial charge in [-0.3, -0.25) is 0 Å². The van der Waals surface area contributed by atoms with Crippen molar-refractivity contribution in [3.8, 4) is 0 Å². The molecule has 6 aromatic rings. The first-order valence-electron chi connectivity index (χ1n) is 20.9. The molecule has 0 amide bonds. The zero-order chi connectivity index (χ0) is 42.5. The van der Waals surface area contributed by atoms with Crippen molar-refractivity contribution < 1.29 is 38.5 Å². The van der Waals surface area contributed by atoms with Crippen molar-refractivity contribution in [2.24, 2.45) is 0 Å². The fourth-order valence-electron chi connectivity index (χ4n) is 6.68. The second-order valence-corrected chi connectivity index (χ2v) is 20.1. The number of benzene rings is 6. The largest absolute Gasteiger partial charge is 0.373 e. The van der Waals surface area contributed by atoms with Crippen molar-refractivity contribution in [2.45, 2.75) is 78.3 Å². The zero-order valence-corrected chi connectivity index (χ0v) is 40.6. The molecule has 0 heterocycles. The Labute approximate surface area is 378 Å². The topological polar surface area (TPSA) is 44.8 Å². The monoisotopic (exact) mass is 949 g/mol. The van der Waals surface area contributed by atoms with Crippen LogP contribution in [0.2, 0.25) is 0 Å². The molecule has 0 aromatic heterocycles. The number of rotatable bonds is 18. The molecule has 4 nitrogen and oxygen atoms in total. The smallest absolute Gasteiger partial charge is 0.106 e. The van der Waals surface area contributed by atoms with Crippen molar-refractivity contribution in [1.29, 1.82) is 0 Å². The Bertz CT molecular complexity index is 1540. The van der Waals surface area contributed by atoms with Gasteiger partial charge in [0, 0.05) is 39.3 Å². The minimum Gasteiger partial charge on any atom is -0.373 e. The van der Waals surface area contributed by atoms with Crippen LogP contribution in [0, 0.1) is 0 Å². The molecule has 0 aliphatic heterocycles. The zero-order valence-electron chi connectivity index (χ0n) is 36.3. The predicted molar refractivity (Wildman–Crippen MR) is 261 cm³/mol. The fourth-order valence-corrected chi connectivity index (χ4v) is 14.5. The predicted octanol–water partition coefficient (Wildman–Crippen LogP) is 11.5. The van der Waals surface area contributed by atoms with Crippen molar-refractivity contribution in [1.82, 2.24) is 0 Å². The van der Waals surface area contributed by atoms with Crippen LogP contribution in [0.4, 0.5) is 0 Å². The third kappa shape index (κ3) is 17.3. The number of ether oxygens (including phenoxy) is 3. The van der Waals surface area contributed by atoms with Gasteiger partial charge >= 0.3 is 0 Å². The van der Waals surface area contributed by atoms with Crippen molar-refractivity contribution >= 4 is 62.4 Å². The molecule has 3 atom stereocenters. The maximum absolute atomic E-state index is 8.00. The van der Waals surface area contributed by atoms with Crippen LogP contribution >= 0.6 is 23.8 Å². The Morgan fingerprint density at radius 3 is 0.600 bits per heavy atom. The maximum Gasteiger partial charge on any atom is 0.106 e. The van der Waals surface area contributed by atoms with Crippen LogP contribution in [0.15, 0.2) is 182 Å². The van der Waals surface area contributed by atoms with E-state index >= 15 is 0 Å². The van der Waals surface area contributed by atoms with E-state index in [1.54, 1.807) is 0 Å². The van der Waals surface area contributed by atoms with Crippen molar-refractivity contribution in [2.75, 3.05) is 19.8 Å². The molecule has 60 heavy (non-hydrogen) atoms. The fraction of sp³-hybridized carbons (Fsp3) is 0.288. The van der Waals surface area contributed by atoms with Gasteiger partial charge in [-0.15, -0.1) is 0 Å². The molecule has 6 rings (SSSR count). The molecule has 3 unspecified atom stereocenters. The van der Waals surface area contributed by atoms with E-state index < -0.39 is 23.8 Å². The summed E-state index contributed by atoms with van der Waals surface area (Å²) in [6.07, 6.45) is 3.13. The van der Waals surface area contributed by atoms with E-state index in [1.807, 2.05) is 6.79 Å². The summed E-state index contributed by atoms with van der Waals surface area (Å²) in [7, 11) is -1.33. The molecule has 0 aliphatic rings. The van der Waals surface area contributed by atoms with E-state index in [0.29, 0.717) is 17.5 Å². The van der Waals surface area contributed by atoms with Crippen LogP contribution in [0.5, 0.6) is 0 Å². The van der Waals surface area contributed by atoms with E-state index in [0.717, 1.165) is 39.1 Å². The number of carbonyl (C=O) groups excluding carboxylic acids is 1. The summed E-state index contributed by atoms with van der Waals surface area (Å²) >= 11 is 0. The molecule has 8 heteroatoms. The SMILES string of the molecule is C=O.CCOC(CC)P(c1ccccc1)c1ccccc1.CCOC(CC)P(c1ccccc1)c1ccccc1.CCOC(CC)P(c1ccccc1)c1ccccc1.[Rh]. The van der Waals surface area contributed by atoms with Crippen molar-refractivity contribution in [3.63, 3.8) is 0 Å². The van der Waals surface area contributed by atoms with Crippen LogP contribution in [0.25, 0.3) is 0 Å². The quantitative estimate of drug-likeness (QED) is 0.0636. The minimum absolute atomic E-state index is 0. The second kappa shape index (κ2) is 32.5. The minimum atomic E-state index is -0.443. The van der Waals surface area contributed by atoms with E-state index in [2.05, 4.69) is 224 Å². The van der Waals surface area contributed by atoms with E-state index in [4.69, 9.17) is 19.0 Å².